The van der Waals surface area contributed by atoms with Gasteiger partial charge in [-0.05, 0) is 42.8 Å². The Morgan fingerprint density at radius 1 is 1.26 bits per heavy atom. The minimum Gasteiger partial charge on any atom is -0.341 e. The molecule has 1 fully saturated rings. The number of nitrogens with zero attached hydrogens (tertiary/aromatic N) is 3. The molecule has 2 heterocycles. The van der Waals surface area contributed by atoms with Crippen LogP contribution in [0.1, 0.15) is 30.1 Å². The number of fused-ring (bicyclic) bond motifs is 1. The van der Waals surface area contributed by atoms with Crippen LogP contribution in [-0.2, 0) is 6.54 Å². The molecule has 1 saturated carbocycles. The van der Waals surface area contributed by atoms with Crippen LogP contribution in [0.5, 0.6) is 0 Å². The van der Waals surface area contributed by atoms with Crippen LogP contribution in [-0.4, -0.2) is 14.1 Å². The van der Waals surface area contributed by atoms with E-state index in [1.54, 1.807) is 0 Å². The maximum Gasteiger partial charge on any atom is 0.0951 e. The highest BCUT2D eigenvalue weighted by Gasteiger charge is 2.25. The number of benzene rings is 1. The van der Waals surface area contributed by atoms with Gasteiger partial charge in [0.1, 0.15) is 0 Å². The lowest BCUT2D eigenvalue weighted by atomic mass is 10.2. The highest BCUT2D eigenvalue weighted by Crippen LogP contribution is 2.35. The zero-order chi connectivity index (χ0) is 12.8. The van der Waals surface area contributed by atoms with E-state index < -0.39 is 0 Å². The van der Waals surface area contributed by atoms with E-state index in [9.17, 15) is 0 Å². The zero-order valence-corrected chi connectivity index (χ0v) is 11.1. The molecule has 96 valence electrons. The predicted molar refractivity (Wildman–Crippen MR) is 76.3 cm³/mol. The third kappa shape index (κ3) is 1.86. The number of rotatable bonds is 3. The molecule has 1 aliphatic rings. The van der Waals surface area contributed by atoms with Gasteiger partial charge in [0.15, 0.2) is 0 Å². The fraction of sp³-hybridized carbons (Fsp3) is 0.312. The van der Waals surface area contributed by atoms with Gasteiger partial charge in [0, 0.05) is 24.0 Å². The zero-order valence-electron chi connectivity index (χ0n) is 11.1. The van der Waals surface area contributed by atoms with E-state index in [0.29, 0.717) is 6.04 Å². The standard InChI is InChI=1S/C16H17N3/c1-12-2-3-13-6-7-18(16(13)8-12)10-15-9-17-11-19(15)14-4-5-14/h2-3,6-9,11,14H,4-5,10H2,1H3. The average molecular weight is 251 g/mol. The van der Waals surface area contributed by atoms with Crippen LogP contribution in [0.25, 0.3) is 10.9 Å². The monoisotopic (exact) mass is 251 g/mol. The van der Waals surface area contributed by atoms with Crippen molar-refractivity contribution in [2.24, 2.45) is 0 Å². The second-order valence-electron chi connectivity index (χ2n) is 5.53. The first-order valence-corrected chi connectivity index (χ1v) is 6.87. The van der Waals surface area contributed by atoms with Gasteiger partial charge in [-0.15, -0.1) is 0 Å². The molecule has 0 saturated heterocycles. The molecule has 3 nitrogen and oxygen atoms in total. The molecule has 4 rings (SSSR count). The highest BCUT2D eigenvalue weighted by atomic mass is 15.1. The molecule has 2 aromatic heterocycles. The summed E-state index contributed by atoms with van der Waals surface area (Å²) in [6.45, 7) is 3.05. The Bertz CT molecular complexity index is 731. The Kier molecular flexibility index (Phi) is 2.28. The highest BCUT2D eigenvalue weighted by molar-refractivity contribution is 5.80. The molecule has 0 radical (unpaired) electrons. The maximum atomic E-state index is 4.31. The van der Waals surface area contributed by atoms with Gasteiger partial charge in [0.2, 0.25) is 0 Å². The van der Waals surface area contributed by atoms with Gasteiger partial charge in [-0.25, -0.2) is 4.98 Å². The van der Waals surface area contributed by atoms with Crippen molar-refractivity contribution in [3.05, 3.63) is 54.2 Å². The first kappa shape index (κ1) is 10.9. The van der Waals surface area contributed by atoms with E-state index in [-0.39, 0.29) is 0 Å². The van der Waals surface area contributed by atoms with Crippen molar-refractivity contribution in [1.29, 1.82) is 0 Å². The van der Waals surface area contributed by atoms with E-state index in [1.165, 1.54) is 35.0 Å². The number of hydrogen-bond acceptors (Lipinski definition) is 1. The van der Waals surface area contributed by atoms with Crippen LogP contribution in [0.15, 0.2) is 43.0 Å². The molecular weight excluding hydrogens is 234 g/mol. The molecule has 0 N–H and O–H groups in total. The van der Waals surface area contributed by atoms with Crippen molar-refractivity contribution in [3.63, 3.8) is 0 Å². The Morgan fingerprint density at radius 3 is 3.00 bits per heavy atom. The fourth-order valence-corrected chi connectivity index (χ4v) is 2.74. The first-order chi connectivity index (χ1) is 9.31. The Labute approximate surface area is 112 Å². The number of hydrogen-bond donors (Lipinski definition) is 0. The van der Waals surface area contributed by atoms with Gasteiger partial charge < -0.3 is 9.13 Å². The molecule has 0 atom stereocenters. The topological polar surface area (TPSA) is 22.8 Å². The second kappa shape index (κ2) is 3.98. The predicted octanol–water partition coefficient (Wildman–Crippen LogP) is 3.53. The van der Waals surface area contributed by atoms with Gasteiger partial charge in [-0.1, -0.05) is 12.1 Å². The van der Waals surface area contributed by atoms with E-state index in [1.807, 2.05) is 12.5 Å². The Hall–Kier alpha value is -2.03. The molecule has 0 bridgehead atoms. The molecule has 0 aliphatic heterocycles. The van der Waals surface area contributed by atoms with Gasteiger partial charge >= 0.3 is 0 Å². The minimum absolute atomic E-state index is 0.695. The van der Waals surface area contributed by atoms with Crippen LogP contribution < -0.4 is 0 Å². The normalized spacial score (nSPS) is 15.2. The lowest BCUT2D eigenvalue weighted by Crippen LogP contribution is -2.05. The third-order valence-corrected chi connectivity index (χ3v) is 3.95. The molecule has 0 amide bonds. The van der Waals surface area contributed by atoms with Crippen molar-refractivity contribution in [2.45, 2.75) is 32.4 Å². The molecular formula is C16H17N3. The fourth-order valence-electron chi connectivity index (χ4n) is 2.74. The first-order valence-electron chi connectivity index (χ1n) is 6.87. The molecule has 19 heavy (non-hydrogen) atoms. The van der Waals surface area contributed by atoms with Crippen LogP contribution in [0.2, 0.25) is 0 Å². The second-order valence-corrected chi connectivity index (χ2v) is 5.53. The van der Waals surface area contributed by atoms with E-state index in [4.69, 9.17) is 0 Å². The Morgan fingerprint density at radius 2 is 2.16 bits per heavy atom. The summed E-state index contributed by atoms with van der Waals surface area (Å²) >= 11 is 0. The Balaban J connectivity index is 1.74. The molecule has 3 heteroatoms. The number of imidazole rings is 1. The van der Waals surface area contributed by atoms with Crippen molar-refractivity contribution < 1.29 is 0 Å². The van der Waals surface area contributed by atoms with Crippen LogP contribution >= 0.6 is 0 Å². The average Bonchev–Trinajstić information content (AvgIpc) is 3.03. The molecule has 1 aliphatic carbocycles. The summed E-state index contributed by atoms with van der Waals surface area (Å²) in [4.78, 5) is 4.31. The van der Waals surface area contributed by atoms with E-state index >= 15 is 0 Å². The van der Waals surface area contributed by atoms with Crippen LogP contribution in [0, 0.1) is 6.92 Å². The third-order valence-electron chi connectivity index (χ3n) is 3.95. The largest absolute Gasteiger partial charge is 0.341 e. The summed E-state index contributed by atoms with van der Waals surface area (Å²) in [5.74, 6) is 0. The summed E-state index contributed by atoms with van der Waals surface area (Å²) in [6.07, 6.45) is 8.75. The minimum atomic E-state index is 0.695. The van der Waals surface area contributed by atoms with E-state index in [2.05, 4.69) is 51.5 Å². The number of aryl methyl sites for hydroxylation is 1. The lowest BCUT2D eigenvalue weighted by Gasteiger charge is -2.09. The van der Waals surface area contributed by atoms with Crippen molar-refractivity contribution in [2.75, 3.05) is 0 Å². The molecule has 3 aromatic rings. The molecule has 0 unspecified atom stereocenters. The van der Waals surface area contributed by atoms with Crippen molar-refractivity contribution >= 4 is 10.9 Å². The summed E-state index contributed by atoms with van der Waals surface area (Å²) in [6, 6.07) is 9.50. The SMILES string of the molecule is Cc1ccc2ccn(Cc3cncn3C3CC3)c2c1. The van der Waals surface area contributed by atoms with Crippen LogP contribution in [0.4, 0.5) is 0 Å². The molecule has 0 spiro atoms. The van der Waals surface area contributed by atoms with Crippen molar-refractivity contribution in [1.82, 2.24) is 14.1 Å². The summed E-state index contributed by atoms with van der Waals surface area (Å²) in [5, 5.41) is 1.31. The van der Waals surface area contributed by atoms with Gasteiger partial charge in [0.25, 0.3) is 0 Å². The summed E-state index contributed by atoms with van der Waals surface area (Å²) in [7, 11) is 0. The maximum absolute atomic E-state index is 4.31. The van der Waals surface area contributed by atoms with Gasteiger partial charge in [-0.2, -0.15) is 0 Å². The van der Waals surface area contributed by atoms with Gasteiger partial charge in [0.05, 0.1) is 18.6 Å². The lowest BCUT2D eigenvalue weighted by molar-refractivity contribution is 0.665. The quantitative estimate of drug-likeness (QED) is 0.698. The number of aromatic nitrogens is 3. The van der Waals surface area contributed by atoms with Gasteiger partial charge in [-0.3, -0.25) is 0 Å². The summed E-state index contributed by atoms with van der Waals surface area (Å²) < 4.78 is 4.65. The smallest absolute Gasteiger partial charge is 0.0951 e. The summed E-state index contributed by atoms with van der Waals surface area (Å²) in [5.41, 5.74) is 3.92. The van der Waals surface area contributed by atoms with Crippen molar-refractivity contribution in [3.8, 4) is 0 Å². The molecule has 1 aromatic carbocycles. The van der Waals surface area contributed by atoms with Crippen LogP contribution in [0.3, 0.4) is 0 Å². The van der Waals surface area contributed by atoms with E-state index in [0.717, 1.165) is 6.54 Å².